The average Bonchev–Trinajstić information content (AvgIpc) is 2.37. The lowest BCUT2D eigenvalue weighted by Gasteiger charge is -2.20. The van der Waals surface area contributed by atoms with Crippen LogP contribution in [-0.4, -0.2) is 20.6 Å². The fraction of sp³-hybridized carbons (Fsp3) is 0.0769. The van der Waals surface area contributed by atoms with Gasteiger partial charge in [-0.3, -0.25) is 4.31 Å². The van der Waals surface area contributed by atoms with Crippen LogP contribution in [0.5, 0.6) is 5.75 Å². The molecule has 7 heteroatoms. The monoisotopic (exact) mass is 356 g/mol. The van der Waals surface area contributed by atoms with Crippen molar-refractivity contribution >= 4 is 37.3 Å². The summed E-state index contributed by atoms with van der Waals surface area (Å²) in [6.45, 7) is 0. The largest absolute Gasteiger partial charge is 0.508 e. The van der Waals surface area contributed by atoms with E-state index in [0.717, 1.165) is 4.31 Å². The zero-order chi connectivity index (χ0) is 14.9. The van der Waals surface area contributed by atoms with Crippen molar-refractivity contribution in [3.63, 3.8) is 0 Å². The van der Waals surface area contributed by atoms with E-state index in [-0.39, 0.29) is 10.6 Å². The Morgan fingerprint density at radius 3 is 2.50 bits per heavy atom. The van der Waals surface area contributed by atoms with E-state index in [0.29, 0.717) is 15.8 Å². The molecule has 0 spiro atoms. The Bertz CT molecular complexity index is 747. The summed E-state index contributed by atoms with van der Waals surface area (Å²) in [7, 11) is -2.31. The molecule has 0 unspecified atom stereocenters. The molecule has 2 aromatic rings. The highest BCUT2D eigenvalue weighted by Crippen LogP contribution is 2.30. The van der Waals surface area contributed by atoms with E-state index in [1.165, 1.54) is 37.4 Å². The van der Waals surface area contributed by atoms with E-state index >= 15 is 0 Å². The Balaban J connectivity index is 2.49. The van der Waals surface area contributed by atoms with Gasteiger partial charge in [0.05, 0.1) is 5.69 Å². The zero-order valence-electron chi connectivity index (χ0n) is 10.6. The molecule has 0 aliphatic rings. The summed E-state index contributed by atoms with van der Waals surface area (Å²) in [5.41, 5.74) is 6.44. The molecule has 0 amide bonds. The molecule has 2 aromatic carbocycles. The number of nitrogens with two attached hydrogens (primary N) is 1. The van der Waals surface area contributed by atoms with Gasteiger partial charge in [0.1, 0.15) is 10.6 Å². The average molecular weight is 357 g/mol. The van der Waals surface area contributed by atoms with E-state index in [1.807, 2.05) is 0 Å². The van der Waals surface area contributed by atoms with Gasteiger partial charge in [0, 0.05) is 23.3 Å². The maximum atomic E-state index is 12.5. The minimum Gasteiger partial charge on any atom is -0.508 e. The lowest BCUT2D eigenvalue weighted by molar-refractivity contribution is 0.475. The van der Waals surface area contributed by atoms with E-state index < -0.39 is 10.0 Å². The van der Waals surface area contributed by atoms with Crippen molar-refractivity contribution in [1.29, 1.82) is 0 Å². The first-order valence-corrected chi connectivity index (χ1v) is 7.88. The molecule has 0 saturated carbocycles. The van der Waals surface area contributed by atoms with Crippen molar-refractivity contribution in [3.05, 3.63) is 46.9 Å². The van der Waals surface area contributed by atoms with E-state index in [4.69, 9.17) is 5.73 Å². The summed E-state index contributed by atoms with van der Waals surface area (Å²) in [5.74, 6) is 0.000854. The van der Waals surface area contributed by atoms with Crippen LogP contribution in [0.1, 0.15) is 0 Å². The van der Waals surface area contributed by atoms with Crippen LogP contribution < -0.4 is 10.0 Å². The van der Waals surface area contributed by atoms with Gasteiger partial charge in [-0.1, -0.05) is 6.07 Å². The highest BCUT2D eigenvalue weighted by molar-refractivity contribution is 9.10. The third-order valence-electron chi connectivity index (χ3n) is 2.79. The third-order valence-corrected chi connectivity index (χ3v) is 5.55. The highest BCUT2D eigenvalue weighted by Gasteiger charge is 2.24. The minimum absolute atomic E-state index is 0.000854. The van der Waals surface area contributed by atoms with Crippen LogP contribution in [0.4, 0.5) is 11.4 Å². The Kier molecular flexibility index (Phi) is 3.92. The maximum Gasteiger partial charge on any atom is 0.265 e. The number of nitrogen functional groups attached to an aromatic ring is 1. The summed E-state index contributed by atoms with van der Waals surface area (Å²) >= 11 is 3.20. The molecule has 0 aliphatic carbocycles. The van der Waals surface area contributed by atoms with Gasteiger partial charge in [0.2, 0.25) is 0 Å². The zero-order valence-corrected chi connectivity index (χ0v) is 13.0. The minimum atomic E-state index is -3.74. The molecule has 106 valence electrons. The first-order valence-electron chi connectivity index (χ1n) is 5.65. The lowest BCUT2D eigenvalue weighted by atomic mass is 10.3. The van der Waals surface area contributed by atoms with Gasteiger partial charge >= 0.3 is 0 Å². The van der Waals surface area contributed by atoms with Crippen LogP contribution in [0, 0.1) is 0 Å². The predicted octanol–water partition coefficient (Wildman–Crippen LogP) is 2.56. The first-order chi connectivity index (χ1) is 9.32. The highest BCUT2D eigenvalue weighted by atomic mass is 79.9. The maximum absolute atomic E-state index is 12.5. The Morgan fingerprint density at radius 2 is 1.90 bits per heavy atom. The number of phenolic OH excluding ortho intramolecular Hbond substituents is 1. The van der Waals surface area contributed by atoms with Crippen molar-refractivity contribution in [2.45, 2.75) is 4.90 Å². The number of rotatable bonds is 3. The van der Waals surface area contributed by atoms with Gasteiger partial charge in [-0.25, -0.2) is 8.42 Å². The molecule has 0 aromatic heterocycles. The van der Waals surface area contributed by atoms with Crippen LogP contribution >= 0.6 is 15.9 Å². The smallest absolute Gasteiger partial charge is 0.265 e. The van der Waals surface area contributed by atoms with Crippen LogP contribution in [0.2, 0.25) is 0 Å². The number of benzene rings is 2. The summed E-state index contributed by atoms with van der Waals surface area (Å²) in [4.78, 5) is 0.109. The number of hydrogen-bond acceptors (Lipinski definition) is 4. The van der Waals surface area contributed by atoms with Crippen molar-refractivity contribution in [1.82, 2.24) is 0 Å². The molecule has 2 rings (SSSR count). The summed E-state index contributed by atoms with van der Waals surface area (Å²) in [6, 6.07) is 10.5. The molecule has 0 aliphatic heterocycles. The number of hydrogen-bond donors (Lipinski definition) is 2. The number of phenols is 1. The van der Waals surface area contributed by atoms with Crippen molar-refractivity contribution in [2.24, 2.45) is 0 Å². The van der Waals surface area contributed by atoms with Gasteiger partial charge < -0.3 is 10.8 Å². The van der Waals surface area contributed by atoms with Crippen LogP contribution in [0.3, 0.4) is 0 Å². The van der Waals surface area contributed by atoms with E-state index in [2.05, 4.69) is 15.9 Å². The second-order valence-electron chi connectivity index (χ2n) is 4.18. The molecule has 0 bridgehead atoms. The second kappa shape index (κ2) is 5.34. The lowest BCUT2D eigenvalue weighted by Crippen LogP contribution is -2.26. The molecule has 3 N–H and O–H groups in total. The molecular formula is C13H13BrN2O3S. The standard InChI is InChI=1S/C13H13BrN2O3S/c1-16(10-3-2-4-11(17)8-10)20(18,19)13-6-5-9(15)7-12(13)14/h2-8,17H,15H2,1H3. The Hall–Kier alpha value is -1.73. The van der Waals surface area contributed by atoms with Crippen LogP contribution in [0.15, 0.2) is 51.8 Å². The Labute approximate surface area is 125 Å². The molecule has 5 nitrogen and oxygen atoms in total. The molecule has 0 atom stereocenters. The fourth-order valence-electron chi connectivity index (χ4n) is 1.70. The quantitative estimate of drug-likeness (QED) is 0.827. The first kappa shape index (κ1) is 14.7. The molecular weight excluding hydrogens is 344 g/mol. The molecule has 0 radical (unpaired) electrons. The van der Waals surface area contributed by atoms with E-state index in [9.17, 15) is 13.5 Å². The van der Waals surface area contributed by atoms with Gasteiger partial charge in [-0.2, -0.15) is 0 Å². The molecule has 20 heavy (non-hydrogen) atoms. The van der Waals surface area contributed by atoms with Crippen LogP contribution in [-0.2, 0) is 10.0 Å². The van der Waals surface area contributed by atoms with Gasteiger partial charge in [0.15, 0.2) is 0 Å². The molecule has 0 heterocycles. The van der Waals surface area contributed by atoms with Gasteiger partial charge in [0.25, 0.3) is 10.0 Å². The summed E-state index contributed by atoms with van der Waals surface area (Å²) in [6.07, 6.45) is 0. The summed E-state index contributed by atoms with van der Waals surface area (Å²) in [5, 5.41) is 9.44. The van der Waals surface area contributed by atoms with Gasteiger partial charge in [-0.15, -0.1) is 0 Å². The second-order valence-corrected chi connectivity index (χ2v) is 6.97. The summed E-state index contributed by atoms with van der Waals surface area (Å²) < 4.78 is 26.6. The van der Waals surface area contributed by atoms with Gasteiger partial charge in [-0.05, 0) is 46.3 Å². The molecule has 0 saturated heterocycles. The fourth-order valence-corrected chi connectivity index (χ4v) is 3.94. The Morgan fingerprint density at radius 1 is 1.20 bits per heavy atom. The van der Waals surface area contributed by atoms with Crippen molar-refractivity contribution in [3.8, 4) is 5.75 Å². The SMILES string of the molecule is CN(c1cccc(O)c1)S(=O)(=O)c1ccc(N)cc1Br. The predicted molar refractivity (Wildman–Crippen MR) is 82.3 cm³/mol. The third kappa shape index (κ3) is 2.73. The number of sulfonamides is 1. The topological polar surface area (TPSA) is 83.6 Å². The van der Waals surface area contributed by atoms with E-state index in [1.54, 1.807) is 12.1 Å². The number of nitrogens with zero attached hydrogens (tertiary/aromatic N) is 1. The van der Waals surface area contributed by atoms with Crippen molar-refractivity contribution in [2.75, 3.05) is 17.1 Å². The molecule has 0 fully saturated rings. The van der Waals surface area contributed by atoms with Crippen molar-refractivity contribution < 1.29 is 13.5 Å². The number of aromatic hydroxyl groups is 1. The van der Waals surface area contributed by atoms with Crippen LogP contribution in [0.25, 0.3) is 0 Å². The normalized spacial score (nSPS) is 11.3. The number of anilines is 2. The number of halogens is 1.